The predicted molar refractivity (Wildman–Crippen MR) is 98.9 cm³/mol. The molecule has 3 aromatic rings. The highest BCUT2D eigenvalue weighted by molar-refractivity contribution is 5.90. The summed E-state index contributed by atoms with van der Waals surface area (Å²) >= 11 is 0. The molecule has 1 heterocycles. The van der Waals surface area contributed by atoms with Gasteiger partial charge in [-0.2, -0.15) is 0 Å². The van der Waals surface area contributed by atoms with Crippen LogP contribution in [-0.4, -0.2) is 20.9 Å². The lowest BCUT2D eigenvalue weighted by Crippen LogP contribution is -2.35. The zero-order chi connectivity index (χ0) is 18.7. The van der Waals surface area contributed by atoms with Crippen molar-refractivity contribution in [3.8, 4) is 0 Å². The third-order valence-corrected chi connectivity index (χ3v) is 3.97. The van der Waals surface area contributed by atoms with Gasteiger partial charge in [-0.1, -0.05) is 32.0 Å². The fourth-order valence-electron chi connectivity index (χ4n) is 2.68. The molecule has 0 bridgehead atoms. The number of urea groups is 1. The lowest BCUT2D eigenvalue weighted by Gasteiger charge is -2.20. The van der Waals surface area contributed by atoms with Crippen molar-refractivity contribution in [2.45, 2.75) is 19.9 Å². The van der Waals surface area contributed by atoms with Gasteiger partial charge in [-0.3, -0.25) is 10.1 Å². The minimum absolute atomic E-state index is 0.0829. The number of nitro benzene ring substituents is 1. The molecule has 0 aliphatic carbocycles. The lowest BCUT2D eigenvalue weighted by atomic mass is 10.0. The largest absolute Gasteiger partial charge is 0.340 e. The second kappa shape index (κ2) is 7.22. The monoisotopic (exact) mass is 353 g/mol. The van der Waals surface area contributed by atoms with Gasteiger partial charge in [0.15, 0.2) is 0 Å². The molecule has 26 heavy (non-hydrogen) atoms. The van der Waals surface area contributed by atoms with Crippen molar-refractivity contribution in [1.82, 2.24) is 15.3 Å². The zero-order valence-electron chi connectivity index (χ0n) is 14.4. The van der Waals surface area contributed by atoms with E-state index in [1.807, 2.05) is 38.1 Å². The molecule has 0 spiro atoms. The number of benzene rings is 2. The number of para-hydroxylation sites is 2. The summed E-state index contributed by atoms with van der Waals surface area (Å²) in [5.41, 5.74) is 1.99. The van der Waals surface area contributed by atoms with Crippen LogP contribution in [0.5, 0.6) is 0 Å². The first-order valence-corrected chi connectivity index (χ1v) is 8.20. The van der Waals surface area contributed by atoms with Gasteiger partial charge in [0, 0.05) is 17.8 Å². The van der Waals surface area contributed by atoms with Crippen LogP contribution >= 0.6 is 0 Å². The van der Waals surface area contributed by atoms with Gasteiger partial charge in [-0.05, 0) is 24.1 Å². The number of carbonyl (C=O) groups is 1. The Kier molecular flexibility index (Phi) is 4.83. The Morgan fingerprint density at radius 2 is 1.96 bits per heavy atom. The first-order chi connectivity index (χ1) is 12.4. The molecular formula is C18H19N5O3. The van der Waals surface area contributed by atoms with Gasteiger partial charge in [0.25, 0.3) is 5.69 Å². The quantitative estimate of drug-likeness (QED) is 0.475. The Bertz CT molecular complexity index is 918. The van der Waals surface area contributed by atoms with Gasteiger partial charge in [0.1, 0.15) is 5.82 Å². The summed E-state index contributed by atoms with van der Waals surface area (Å²) < 4.78 is 0. The fourth-order valence-corrected chi connectivity index (χ4v) is 2.68. The van der Waals surface area contributed by atoms with E-state index in [1.165, 1.54) is 18.2 Å². The van der Waals surface area contributed by atoms with Crippen molar-refractivity contribution in [2.24, 2.45) is 5.92 Å². The number of amides is 2. The van der Waals surface area contributed by atoms with Crippen LogP contribution in [0.1, 0.15) is 25.7 Å². The Labute approximate surface area is 149 Å². The molecule has 1 atom stereocenters. The highest BCUT2D eigenvalue weighted by Crippen LogP contribution is 2.23. The third kappa shape index (κ3) is 3.80. The van der Waals surface area contributed by atoms with Crippen LogP contribution in [0.3, 0.4) is 0 Å². The number of H-pyrrole nitrogens is 1. The van der Waals surface area contributed by atoms with Crippen molar-refractivity contribution in [2.75, 3.05) is 5.32 Å². The number of hydrogen-bond donors (Lipinski definition) is 3. The van der Waals surface area contributed by atoms with Crippen LogP contribution in [0, 0.1) is 16.0 Å². The number of carbonyl (C=O) groups excluding carboxylic acids is 1. The van der Waals surface area contributed by atoms with Crippen molar-refractivity contribution in [3.05, 3.63) is 64.5 Å². The summed E-state index contributed by atoms with van der Waals surface area (Å²) in [6.45, 7) is 3.96. The van der Waals surface area contributed by atoms with Gasteiger partial charge < -0.3 is 15.6 Å². The Hall–Kier alpha value is -3.42. The van der Waals surface area contributed by atoms with Crippen LogP contribution in [0.15, 0.2) is 48.5 Å². The highest BCUT2D eigenvalue weighted by atomic mass is 16.6. The van der Waals surface area contributed by atoms with E-state index in [-0.39, 0.29) is 17.6 Å². The summed E-state index contributed by atoms with van der Waals surface area (Å²) in [4.78, 5) is 30.5. The molecule has 2 amide bonds. The molecule has 1 aromatic heterocycles. The lowest BCUT2D eigenvalue weighted by molar-refractivity contribution is -0.384. The van der Waals surface area contributed by atoms with E-state index in [0.29, 0.717) is 11.5 Å². The number of nitro groups is 1. The van der Waals surface area contributed by atoms with Gasteiger partial charge in [0.2, 0.25) is 0 Å². The van der Waals surface area contributed by atoms with E-state index in [2.05, 4.69) is 20.6 Å². The number of imidazole rings is 1. The molecule has 0 aliphatic heterocycles. The minimum atomic E-state index is -0.506. The summed E-state index contributed by atoms with van der Waals surface area (Å²) in [5, 5.41) is 16.3. The molecule has 8 nitrogen and oxygen atoms in total. The molecule has 3 N–H and O–H groups in total. The zero-order valence-corrected chi connectivity index (χ0v) is 14.4. The molecule has 1 unspecified atom stereocenters. The summed E-state index contributed by atoms with van der Waals surface area (Å²) in [7, 11) is 0. The maximum absolute atomic E-state index is 12.4. The van der Waals surface area contributed by atoms with Crippen molar-refractivity contribution < 1.29 is 9.72 Å². The van der Waals surface area contributed by atoms with Crippen LogP contribution < -0.4 is 10.6 Å². The molecule has 0 saturated heterocycles. The van der Waals surface area contributed by atoms with Gasteiger partial charge in [-0.15, -0.1) is 0 Å². The second-order valence-electron chi connectivity index (χ2n) is 6.27. The minimum Gasteiger partial charge on any atom is -0.340 e. The number of hydrogen-bond acceptors (Lipinski definition) is 4. The first-order valence-electron chi connectivity index (χ1n) is 8.20. The fraction of sp³-hybridized carbons (Fsp3) is 0.222. The molecule has 8 heteroatoms. The van der Waals surface area contributed by atoms with E-state index < -0.39 is 11.0 Å². The number of rotatable bonds is 5. The van der Waals surface area contributed by atoms with E-state index in [0.717, 1.165) is 11.0 Å². The van der Waals surface area contributed by atoms with E-state index in [9.17, 15) is 14.9 Å². The van der Waals surface area contributed by atoms with Crippen LogP contribution in [-0.2, 0) is 0 Å². The Balaban J connectivity index is 1.76. The Morgan fingerprint density at radius 3 is 2.65 bits per heavy atom. The molecule has 0 fully saturated rings. The predicted octanol–water partition coefficient (Wildman–Crippen LogP) is 3.99. The summed E-state index contributed by atoms with van der Waals surface area (Å²) in [6.07, 6.45) is 0. The molecule has 3 rings (SSSR count). The van der Waals surface area contributed by atoms with Crippen LogP contribution in [0.4, 0.5) is 16.2 Å². The maximum atomic E-state index is 12.4. The number of nitrogens with zero attached hydrogens (tertiary/aromatic N) is 2. The molecule has 134 valence electrons. The van der Waals surface area contributed by atoms with Gasteiger partial charge in [-0.25, -0.2) is 9.78 Å². The van der Waals surface area contributed by atoms with Crippen LogP contribution in [0.25, 0.3) is 11.0 Å². The van der Waals surface area contributed by atoms with Gasteiger partial charge in [0.05, 0.1) is 22.0 Å². The average Bonchev–Trinajstić information content (AvgIpc) is 3.03. The highest BCUT2D eigenvalue weighted by Gasteiger charge is 2.22. The first kappa shape index (κ1) is 17.4. The smallest absolute Gasteiger partial charge is 0.319 e. The van der Waals surface area contributed by atoms with Crippen molar-refractivity contribution in [1.29, 1.82) is 0 Å². The standard InChI is InChI=1S/C18H19N5O3/c1-11(2)16(17-20-14-8-3-4-9-15(14)21-17)22-18(24)19-12-6-5-7-13(10-12)23(25)26/h3-11,16H,1-2H3,(H,20,21)(H2,19,22,24). The summed E-state index contributed by atoms with van der Waals surface area (Å²) in [5.74, 6) is 0.752. The number of anilines is 1. The molecular weight excluding hydrogens is 334 g/mol. The third-order valence-electron chi connectivity index (χ3n) is 3.97. The van der Waals surface area contributed by atoms with Crippen molar-refractivity contribution in [3.63, 3.8) is 0 Å². The maximum Gasteiger partial charge on any atom is 0.319 e. The van der Waals surface area contributed by atoms with E-state index in [1.54, 1.807) is 6.07 Å². The topological polar surface area (TPSA) is 113 Å². The van der Waals surface area contributed by atoms with Gasteiger partial charge >= 0.3 is 6.03 Å². The van der Waals surface area contributed by atoms with E-state index in [4.69, 9.17) is 0 Å². The van der Waals surface area contributed by atoms with Crippen LogP contribution in [0.2, 0.25) is 0 Å². The number of nitrogens with one attached hydrogen (secondary N) is 3. The van der Waals surface area contributed by atoms with E-state index >= 15 is 0 Å². The number of aromatic amines is 1. The second-order valence-corrected chi connectivity index (χ2v) is 6.27. The number of aromatic nitrogens is 2. The number of fused-ring (bicyclic) bond motifs is 1. The number of non-ortho nitro benzene ring substituents is 1. The molecule has 2 aromatic carbocycles. The summed E-state index contributed by atoms with van der Waals surface area (Å²) in [6, 6.07) is 12.6. The SMILES string of the molecule is CC(C)C(NC(=O)Nc1cccc([N+](=O)[O-])c1)c1nc2ccccc2[nH]1. The van der Waals surface area contributed by atoms with Crippen molar-refractivity contribution >= 4 is 28.4 Å². The average molecular weight is 353 g/mol. The normalized spacial score (nSPS) is 12.1. The molecule has 0 aliphatic rings. The molecule has 0 saturated carbocycles. The Morgan fingerprint density at radius 1 is 1.19 bits per heavy atom. The molecule has 0 radical (unpaired) electrons.